The summed E-state index contributed by atoms with van der Waals surface area (Å²) < 4.78 is 10.7. The molecule has 3 aromatic rings. The highest BCUT2D eigenvalue weighted by atomic mass is 32.1. The summed E-state index contributed by atoms with van der Waals surface area (Å²) >= 11 is 1.47. The average molecular weight is 273 g/mol. The lowest BCUT2D eigenvalue weighted by molar-refractivity contribution is 0.416. The number of nitrogen functional groups attached to an aromatic ring is 1. The monoisotopic (exact) mass is 273 g/mol. The molecule has 0 aliphatic carbocycles. The first-order chi connectivity index (χ1) is 9.31. The van der Waals surface area contributed by atoms with Crippen LogP contribution in [0.25, 0.3) is 21.8 Å². The zero-order chi connectivity index (χ0) is 13.2. The minimum atomic E-state index is 0.341. The second-order valence-electron chi connectivity index (χ2n) is 3.84. The molecule has 0 saturated heterocycles. The minimum absolute atomic E-state index is 0.341. The third-order valence-electron chi connectivity index (χ3n) is 2.75. The van der Waals surface area contributed by atoms with E-state index in [4.69, 9.17) is 15.0 Å². The Morgan fingerprint density at radius 2 is 2.16 bits per heavy atom. The Morgan fingerprint density at radius 1 is 1.32 bits per heavy atom. The SMILES string of the molecule is COc1ccccc1-c1c(N)noc1-c1cncs1. The minimum Gasteiger partial charge on any atom is -0.496 e. The summed E-state index contributed by atoms with van der Waals surface area (Å²) in [5.41, 5.74) is 9.25. The van der Waals surface area contributed by atoms with E-state index < -0.39 is 0 Å². The first-order valence-corrected chi connectivity index (χ1v) is 6.46. The molecule has 1 aromatic carbocycles. The van der Waals surface area contributed by atoms with E-state index in [2.05, 4.69) is 10.1 Å². The van der Waals surface area contributed by atoms with Crippen molar-refractivity contribution < 1.29 is 9.26 Å². The molecule has 2 heterocycles. The summed E-state index contributed by atoms with van der Waals surface area (Å²) in [5, 5.41) is 3.85. The highest BCUT2D eigenvalue weighted by Crippen LogP contribution is 2.41. The Bertz CT molecular complexity index is 692. The maximum atomic E-state index is 5.93. The lowest BCUT2D eigenvalue weighted by Gasteiger charge is -2.07. The van der Waals surface area contributed by atoms with Gasteiger partial charge in [-0.25, -0.2) is 0 Å². The van der Waals surface area contributed by atoms with E-state index in [0.717, 1.165) is 21.8 Å². The summed E-state index contributed by atoms with van der Waals surface area (Å²) in [5.74, 6) is 1.68. The molecule has 2 aromatic heterocycles. The van der Waals surface area contributed by atoms with Gasteiger partial charge in [0.15, 0.2) is 11.6 Å². The number of aromatic nitrogens is 2. The molecular formula is C13H11N3O2S. The molecule has 0 bridgehead atoms. The second kappa shape index (κ2) is 4.74. The van der Waals surface area contributed by atoms with E-state index in [9.17, 15) is 0 Å². The third kappa shape index (κ3) is 1.96. The summed E-state index contributed by atoms with van der Waals surface area (Å²) in [6, 6.07) is 7.61. The fourth-order valence-electron chi connectivity index (χ4n) is 1.91. The number of hydrogen-bond donors (Lipinski definition) is 1. The van der Waals surface area contributed by atoms with Gasteiger partial charge in [0.1, 0.15) is 5.75 Å². The van der Waals surface area contributed by atoms with Gasteiger partial charge in [-0.15, -0.1) is 11.3 Å². The fourth-order valence-corrected chi connectivity index (χ4v) is 2.51. The van der Waals surface area contributed by atoms with Crippen LogP contribution in [0.4, 0.5) is 5.82 Å². The van der Waals surface area contributed by atoms with Gasteiger partial charge in [0.05, 0.1) is 23.1 Å². The molecule has 0 aliphatic heterocycles. The van der Waals surface area contributed by atoms with Gasteiger partial charge in [0, 0.05) is 11.8 Å². The average Bonchev–Trinajstić information content (AvgIpc) is 3.07. The van der Waals surface area contributed by atoms with Crippen molar-refractivity contribution in [2.24, 2.45) is 0 Å². The Morgan fingerprint density at radius 3 is 2.89 bits per heavy atom. The van der Waals surface area contributed by atoms with E-state index >= 15 is 0 Å². The Hall–Kier alpha value is -2.34. The first kappa shape index (κ1) is 11.7. The number of hydrogen-bond acceptors (Lipinski definition) is 6. The second-order valence-corrected chi connectivity index (χ2v) is 4.72. The van der Waals surface area contributed by atoms with E-state index in [1.165, 1.54) is 11.3 Å². The van der Waals surface area contributed by atoms with Crippen LogP contribution in [-0.2, 0) is 0 Å². The van der Waals surface area contributed by atoms with Gasteiger partial charge in [-0.3, -0.25) is 4.98 Å². The number of nitrogens with two attached hydrogens (primary N) is 1. The number of benzene rings is 1. The first-order valence-electron chi connectivity index (χ1n) is 5.58. The van der Waals surface area contributed by atoms with Crippen molar-refractivity contribution in [3.05, 3.63) is 36.0 Å². The summed E-state index contributed by atoms with van der Waals surface area (Å²) in [6.45, 7) is 0. The number of ether oxygens (including phenoxy) is 1. The van der Waals surface area contributed by atoms with Crippen LogP contribution < -0.4 is 10.5 Å². The molecule has 0 saturated carbocycles. The molecule has 0 atom stereocenters. The van der Waals surface area contributed by atoms with Crippen molar-refractivity contribution in [3.63, 3.8) is 0 Å². The maximum Gasteiger partial charge on any atom is 0.188 e. The largest absolute Gasteiger partial charge is 0.496 e. The molecular weight excluding hydrogens is 262 g/mol. The van der Waals surface area contributed by atoms with E-state index in [-0.39, 0.29) is 0 Å². The van der Waals surface area contributed by atoms with Gasteiger partial charge in [0.25, 0.3) is 0 Å². The van der Waals surface area contributed by atoms with Crippen molar-refractivity contribution in [2.45, 2.75) is 0 Å². The van der Waals surface area contributed by atoms with Gasteiger partial charge in [-0.2, -0.15) is 0 Å². The maximum absolute atomic E-state index is 5.93. The van der Waals surface area contributed by atoms with Crippen LogP contribution in [0.3, 0.4) is 0 Å². The standard InChI is InChI=1S/C13H11N3O2S/c1-17-9-5-3-2-4-8(9)11-12(18-16-13(11)14)10-6-15-7-19-10/h2-7H,1H3,(H2,14,16). The van der Waals surface area contributed by atoms with Gasteiger partial charge >= 0.3 is 0 Å². The Labute approximate surface area is 113 Å². The molecule has 0 spiro atoms. The highest BCUT2D eigenvalue weighted by Gasteiger charge is 2.21. The molecule has 0 unspecified atom stereocenters. The predicted molar refractivity (Wildman–Crippen MR) is 74.0 cm³/mol. The van der Waals surface area contributed by atoms with Crippen molar-refractivity contribution >= 4 is 17.2 Å². The van der Waals surface area contributed by atoms with Crippen LogP contribution in [0.2, 0.25) is 0 Å². The van der Waals surface area contributed by atoms with Crippen molar-refractivity contribution in [2.75, 3.05) is 12.8 Å². The van der Waals surface area contributed by atoms with E-state index in [1.807, 2.05) is 24.3 Å². The number of para-hydroxylation sites is 1. The van der Waals surface area contributed by atoms with Crippen molar-refractivity contribution in [3.8, 4) is 27.5 Å². The van der Waals surface area contributed by atoms with Crippen LogP contribution in [-0.4, -0.2) is 17.3 Å². The van der Waals surface area contributed by atoms with E-state index in [1.54, 1.807) is 18.8 Å². The van der Waals surface area contributed by atoms with Gasteiger partial charge in [-0.1, -0.05) is 23.4 Å². The summed E-state index contributed by atoms with van der Waals surface area (Å²) in [7, 11) is 1.62. The number of nitrogens with zero attached hydrogens (tertiary/aromatic N) is 2. The normalized spacial score (nSPS) is 10.6. The number of anilines is 1. The van der Waals surface area contributed by atoms with Crippen molar-refractivity contribution in [1.82, 2.24) is 10.1 Å². The number of thiazole rings is 1. The Kier molecular flexibility index (Phi) is 2.92. The smallest absolute Gasteiger partial charge is 0.188 e. The predicted octanol–water partition coefficient (Wildman–Crippen LogP) is 3.06. The fraction of sp³-hybridized carbons (Fsp3) is 0.0769. The van der Waals surface area contributed by atoms with Gasteiger partial charge in [0.2, 0.25) is 0 Å². The summed E-state index contributed by atoms with van der Waals surface area (Å²) in [6.07, 6.45) is 1.73. The van der Waals surface area contributed by atoms with Crippen LogP contribution in [0.5, 0.6) is 5.75 Å². The molecule has 6 heteroatoms. The number of methoxy groups -OCH3 is 1. The van der Waals surface area contributed by atoms with Crippen LogP contribution in [0.1, 0.15) is 0 Å². The molecule has 2 N–H and O–H groups in total. The van der Waals surface area contributed by atoms with Crippen LogP contribution >= 0.6 is 11.3 Å². The number of rotatable bonds is 3. The molecule has 0 fully saturated rings. The molecule has 0 aliphatic rings. The van der Waals surface area contributed by atoms with Crippen LogP contribution in [0, 0.1) is 0 Å². The lowest BCUT2D eigenvalue weighted by atomic mass is 10.0. The zero-order valence-corrected chi connectivity index (χ0v) is 11.0. The topological polar surface area (TPSA) is 74.2 Å². The lowest BCUT2D eigenvalue weighted by Crippen LogP contribution is -1.92. The third-order valence-corrected chi connectivity index (χ3v) is 3.52. The van der Waals surface area contributed by atoms with E-state index in [0.29, 0.717) is 11.6 Å². The molecule has 19 heavy (non-hydrogen) atoms. The quantitative estimate of drug-likeness (QED) is 0.793. The Balaban J connectivity index is 2.23. The molecule has 5 nitrogen and oxygen atoms in total. The van der Waals surface area contributed by atoms with Crippen molar-refractivity contribution in [1.29, 1.82) is 0 Å². The van der Waals surface area contributed by atoms with Gasteiger partial charge in [-0.05, 0) is 6.07 Å². The van der Waals surface area contributed by atoms with Gasteiger partial charge < -0.3 is 15.0 Å². The highest BCUT2D eigenvalue weighted by molar-refractivity contribution is 7.13. The summed E-state index contributed by atoms with van der Waals surface area (Å²) in [4.78, 5) is 4.92. The van der Waals surface area contributed by atoms with Crippen LogP contribution in [0.15, 0.2) is 40.5 Å². The zero-order valence-electron chi connectivity index (χ0n) is 10.2. The molecule has 0 amide bonds. The molecule has 3 rings (SSSR count). The molecule has 96 valence electrons. The molecule has 0 radical (unpaired) electrons.